The van der Waals surface area contributed by atoms with E-state index in [1.54, 1.807) is 11.3 Å². The maximum Gasteiger partial charge on any atom is 0.149 e. The van der Waals surface area contributed by atoms with Crippen molar-refractivity contribution in [1.29, 1.82) is 0 Å². The Bertz CT molecular complexity index is 1650. The topological polar surface area (TPSA) is 28.2 Å². The van der Waals surface area contributed by atoms with E-state index in [-0.39, 0.29) is 6.04 Å². The van der Waals surface area contributed by atoms with E-state index >= 15 is 0 Å². The fraction of sp³-hybridized carbons (Fsp3) is 0.372. The Hall–Kier alpha value is -3.89. The van der Waals surface area contributed by atoms with Gasteiger partial charge in [0, 0.05) is 22.4 Å². The van der Waals surface area contributed by atoms with Gasteiger partial charge in [-0.15, -0.1) is 11.3 Å². The minimum absolute atomic E-state index is 0.115. The third kappa shape index (κ3) is 7.49. The first kappa shape index (κ1) is 34.4. The van der Waals surface area contributed by atoms with Crippen LogP contribution in [0.1, 0.15) is 143 Å². The average molecular weight is 644 g/mol. The molecule has 1 unspecified atom stereocenters. The predicted octanol–water partition coefficient (Wildman–Crippen LogP) is 13.4. The Balaban J connectivity index is 1.78. The van der Waals surface area contributed by atoms with E-state index < -0.39 is 0 Å². The van der Waals surface area contributed by atoms with E-state index in [4.69, 9.17) is 4.98 Å². The number of rotatable bonds is 12. The van der Waals surface area contributed by atoms with Gasteiger partial charge in [0.2, 0.25) is 0 Å². The number of hydrogen-bond donors (Lipinski definition) is 1. The highest BCUT2D eigenvalue weighted by molar-refractivity contribution is 7.10. The van der Waals surface area contributed by atoms with Crippen molar-refractivity contribution in [2.45, 2.75) is 105 Å². The lowest BCUT2D eigenvalue weighted by molar-refractivity contribution is 0.750. The summed E-state index contributed by atoms with van der Waals surface area (Å²) in [6.07, 6.45) is 0. The highest BCUT2D eigenvalue weighted by Crippen LogP contribution is 2.44. The lowest BCUT2D eigenvalue weighted by atomic mass is 9.81. The molecule has 0 aliphatic rings. The number of nitrogens with zero attached hydrogens (tertiary/aromatic N) is 2. The van der Waals surface area contributed by atoms with E-state index in [1.807, 2.05) is 0 Å². The molecule has 1 atom stereocenters. The van der Waals surface area contributed by atoms with Gasteiger partial charge in [0.25, 0.3) is 0 Å². The van der Waals surface area contributed by atoms with Crippen molar-refractivity contribution in [2.24, 2.45) is 0 Å². The zero-order valence-corrected chi connectivity index (χ0v) is 30.8. The SMILES string of the molecule is CC(C)c1cc(C(C)C)c(C(Nc2c(C(C)C)cccc2C(C)C)c2nc(N(c3ccccc3)c3ccccc3)cs2)c(C(C)C)c1. The summed E-state index contributed by atoms with van der Waals surface area (Å²) >= 11 is 1.75. The highest BCUT2D eigenvalue weighted by Gasteiger charge is 2.30. The number of thiazole rings is 1. The van der Waals surface area contributed by atoms with Crippen LogP contribution in [-0.4, -0.2) is 4.98 Å². The van der Waals surface area contributed by atoms with Crippen LogP contribution in [0.3, 0.4) is 0 Å². The van der Waals surface area contributed by atoms with Crippen LogP contribution in [0.2, 0.25) is 0 Å². The molecule has 1 aromatic heterocycles. The molecule has 0 bridgehead atoms. The minimum atomic E-state index is -0.115. The molecule has 0 saturated heterocycles. The van der Waals surface area contributed by atoms with Gasteiger partial charge < -0.3 is 5.32 Å². The molecule has 246 valence electrons. The van der Waals surface area contributed by atoms with Crippen molar-refractivity contribution in [3.05, 3.63) is 135 Å². The molecular weight excluding hydrogens is 591 g/mol. The summed E-state index contributed by atoms with van der Waals surface area (Å²) in [5.41, 5.74) is 11.7. The van der Waals surface area contributed by atoms with Gasteiger partial charge in [0.15, 0.2) is 0 Å². The third-order valence-corrected chi connectivity index (χ3v) is 10.0. The van der Waals surface area contributed by atoms with Crippen LogP contribution in [0.4, 0.5) is 22.9 Å². The quantitative estimate of drug-likeness (QED) is 0.147. The number of anilines is 4. The van der Waals surface area contributed by atoms with Crippen molar-refractivity contribution < 1.29 is 0 Å². The number of benzene rings is 4. The molecule has 0 amide bonds. The molecular formula is C43H53N3S. The largest absolute Gasteiger partial charge is 0.372 e. The molecule has 3 nitrogen and oxygen atoms in total. The normalized spacial score (nSPS) is 12.5. The van der Waals surface area contributed by atoms with Crippen LogP contribution in [0.25, 0.3) is 0 Å². The Morgan fingerprint density at radius 2 is 1.02 bits per heavy atom. The molecule has 4 heteroatoms. The van der Waals surface area contributed by atoms with E-state index in [0.717, 1.165) is 22.2 Å². The number of hydrogen-bond acceptors (Lipinski definition) is 4. The van der Waals surface area contributed by atoms with Gasteiger partial charge in [0.05, 0.1) is 0 Å². The molecule has 0 saturated carbocycles. The third-order valence-electron chi connectivity index (χ3n) is 9.14. The van der Waals surface area contributed by atoms with Crippen LogP contribution in [0.15, 0.2) is 96.4 Å². The van der Waals surface area contributed by atoms with Gasteiger partial charge >= 0.3 is 0 Å². The Morgan fingerprint density at radius 3 is 1.45 bits per heavy atom. The van der Waals surface area contributed by atoms with Gasteiger partial charge in [-0.2, -0.15) is 0 Å². The summed E-state index contributed by atoms with van der Waals surface area (Å²) < 4.78 is 0. The van der Waals surface area contributed by atoms with E-state index in [9.17, 15) is 0 Å². The van der Waals surface area contributed by atoms with E-state index in [1.165, 1.54) is 39.1 Å². The maximum absolute atomic E-state index is 5.53. The number of aromatic nitrogens is 1. The predicted molar refractivity (Wildman–Crippen MR) is 206 cm³/mol. The second kappa shape index (κ2) is 14.9. The Labute approximate surface area is 288 Å². The van der Waals surface area contributed by atoms with Crippen LogP contribution in [0.5, 0.6) is 0 Å². The Morgan fingerprint density at radius 1 is 0.553 bits per heavy atom. The standard InChI is InChI=1S/C43H53N3S/c1-27(2)32-24-37(30(7)8)40(38(25-32)31(9)10)42(45-41-35(28(3)4)22-17-23-36(41)29(5)6)43-44-39(26-47-43)46(33-18-13-11-14-19-33)34-20-15-12-16-21-34/h11-31,42,45H,1-10H3. The van der Waals surface area contributed by atoms with Crippen molar-refractivity contribution >= 4 is 34.2 Å². The summed E-state index contributed by atoms with van der Waals surface area (Å²) in [7, 11) is 0. The summed E-state index contributed by atoms with van der Waals surface area (Å²) in [5.74, 6) is 2.88. The fourth-order valence-electron chi connectivity index (χ4n) is 6.55. The molecule has 0 spiro atoms. The van der Waals surface area contributed by atoms with Crippen molar-refractivity contribution in [1.82, 2.24) is 4.98 Å². The smallest absolute Gasteiger partial charge is 0.149 e. The second-order valence-corrected chi connectivity index (χ2v) is 15.2. The molecule has 0 fully saturated rings. The molecule has 1 N–H and O–H groups in total. The maximum atomic E-state index is 5.53. The zero-order valence-electron chi connectivity index (χ0n) is 30.0. The fourth-order valence-corrected chi connectivity index (χ4v) is 7.39. The zero-order chi connectivity index (χ0) is 33.8. The average Bonchev–Trinajstić information content (AvgIpc) is 3.53. The van der Waals surface area contributed by atoms with Crippen LogP contribution < -0.4 is 10.2 Å². The minimum Gasteiger partial charge on any atom is -0.372 e. The highest BCUT2D eigenvalue weighted by atomic mass is 32.1. The summed E-state index contributed by atoms with van der Waals surface area (Å²) in [6, 6.07) is 32.8. The first-order chi connectivity index (χ1) is 22.5. The van der Waals surface area contributed by atoms with Crippen LogP contribution >= 0.6 is 11.3 Å². The summed E-state index contributed by atoms with van der Waals surface area (Å²) in [5, 5.41) is 7.52. The molecule has 5 aromatic rings. The molecule has 47 heavy (non-hydrogen) atoms. The van der Waals surface area contributed by atoms with Crippen LogP contribution in [-0.2, 0) is 0 Å². The molecule has 5 rings (SSSR count). The molecule has 4 aromatic carbocycles. The lowest BCUT2D eigenvalue weighted by Gasteiger charge is -2.31. The monoisotopic (exact) mass is 643 g/mol. The molecule has 0 aliphatic heterocycles. The van der Waals surface area contributed by atoms with Crippen molar-refractivity contribution in [3.8, 4) is 0 Å². The summed E-state index contributed by atoms with van der Waals surface area (Å²) in [4.78, 5) is 7.80. The van der Waals surface area contributed by atoms with Crippen LogP contribution in [0, 0.1) is 0 Å². The van der Waals surface area contributed by atoms with Gasteiger partial charge in [-0.05, 0) is 87.2 Å². The second-order valence-electron chi connectivity index (χ2n) is 14.3. The number of para-hydroxylation sites is 3. The van der Waals surface area contributed by atoms with E-state index in [2.05, 4.69) is 176 Å². The molecule has 0 aliphatic carbocycles. The molecule has 1 heterocycles. The first-order valence-electron chi connectivity index (χ1n) is 17.4. The van der Waals surface area contributed by atoms with Gasteiger partial charge in [-0.25, -0.2) is 4.98 Å². The van der Waals surface area contributed by atoms with Gasteiger partial charge in [-0.1, -0.05) is 136 Å². The van der Waals surface area contributed by atoms with Crippen molar-refractivity contribution in [2.75, 3.05) is 10.2 Å². The molecule has 0 radical (unpaired) electrons. The van der Waals surface area contributed by atoms with Gasteiger partial charge in [0.1, 0.15) is 16.9 Å². The Kier molecular flexibility index (Phi) is 10.9. The number of nitrogens with one attached hydrogen (secondary N) is 1. The van der Waals surface area contributed by atoms with E-state index in [0.29, 0.717) is 29.6 Å². The summed E-state index contributed by atoms with van der Waals surface area (Å²) in [6.45, 7) is 23.2. The first-order valence-corrected chi connectivity index (χ1v) is 18.3. The van der Waals surface area contributed by atoms with Gasteiger partial charge in [-0.3, -0.25) is 4.90 Å². The lowest BCUT2D eigenvalue weighted by Crippen LogP contribution is -2.21. The van der Waals surface area contributed by atoms with Crippen molar-refractivity contribution in [3.63, 3.8) is 0 Å².